The molecule has 18 heavy (non-hydrogen) atoms. The monoisotopic (exact) mass is 276 g/mol. The maximum atomic E-state index is 12.5. The van der Waals surface area contributed by atoms with Gasteiger partial charge in [0, 0.05) is 37.3 Å². The van der Waals surface area contributed by atoms with E-state index >= 15 is 0 Å². The van der Waals surface area contributed by atoms with Gasteiger partial charge in [0.2, 0.25) is 0 Å². The Balaban J connectivity index is 0.00000162. The third-order valence-electron chi connectivity index (χ3n) is 2.79. The molecular weight excluding hydrogens is 262 g/mol. The topological polar surface area (TPSA) is 32.3 Å². The number of halogens is 3. The zero-order chi connectivity index (χ0) is 12.3. The van der Waals surface area contributed by atoms with E-state index in [0.29, 0.717) is 18.7 Å². The lowest BCUT2D eigenvalue weighted by molar-refractivity contribution is 0.0735. The Morgan fingerprint density at radius 2 is 1.94 bits per heavy atom. The Morgan fingerprint density at radius 3 is 2.56 bits per heavy atom. The van der Waals surface area contributed by atoms with E-state index < -0.39 is 6.43 Å². The van der Waals surface area contributed by atoms with Gasteiger partial charge in [-0.05, 0) is 12.1 Å². The van der Waals surface area contributed by atoms with Crippen LogP contribution in [0.15, 0.2) is 24.3 Å². The molecule has 0 unspecified atom stereocenters. The van der Waals surface area contributed by atoms with Gasteiger partial charge in [0.1, 0.15) is 0 Å². The SMILES string of the molecule is Cl.O=C(c1cccc(C(F)F)c1)N1CCNCC1. The summed E-state index contributed by atoms with van der Waals surface area (Å²) in [5.74, 6) is -0.172. The molecule has 0 atom stereocenters. The fourth-order valence-corrected chi connectivity index (χ4v) is 1.86. The second kappa shape index (κ2) is 6.66. The van der Waals surface area contributed by atoms with Crippen molar-refractivity contribution in [3.05, 3.63) is 35.4 Å². The molecule has 1 aliphatic heterocycles. The van der Waals surface area contributed by atoms with Crippen molar-refractivity contribution in [3.63, 3.8) is 0 Å². The Hall–Kier alpha value is -1.20. The van der Waals surface area contributed by atoms with Crippen molar-refractivity contribution in [2.75, 3.05) is 26.2 Å². The van der Waals surface area contributed by atoms with Gasteiger partial charge in [0.15, 0.2) is 0 Å². The fourth-order valence-electron chi connectivity index (χ4n) is 1.86. The van der Waals surface area contributed by atoms with Crippen LogP contribution in [0, 0.1) is 0 Å². The van der Waals surface area contributed by atoms with E-state index in [1.165, 1.54) is 18.2 Å². The minimum absolute atomic E-state index is 0. The number of alkyl halides is 2. The Labute approximate surface area is 111 Å². The van der Waals surface area contributed by atoms with Gasteiger partial charge in [0.25, 0.3) is 12.3 Å². The molecule has 3 nitrogen and oxygen atoms in total. The zero-order valence-corrected chi connectivity index (χ0v) is 10.6. The first kappa shape index (κ1) is 14.9. The minimum atomic E-state index is -2.54. The highest BCUT2D eigenvalue weighted by atomic mass is 35.5. The number of amides is 1. The lowest BCUT2D eigenvalue weighted by Gasteiger charge is -2.27. The molecule has 0 aromatic heterocycles. The van der Waals surface area contributed by atoms with Crippen LogP contribution in [0.5, 0.6) is 0 Å². The fraction of sp³-hybridized carbons (Fsp3) is 0.417. The average Bonchev–Trinajstić information content (AvgIpc) is 2.39. The molecule has 100 valence electrons. The molecule has 0 saturated carbocycles. The molecule has 1 aromatic rings. The number of carbonyl (C=O) groups excluding carboxylic acids is 1. The highest BCUT2D eigenvalue weighted by Crippen LogP contribution is 2.20. The van der Waals surface area contributed by atoms with Crippen LogP contribution in [-0.2, 0) is 0 Å². The molecule has 0 bridgehead atoms. The molecule has 1 heterocycles. The quantitative estimate of drug-likeness (QED) is 0.897. The van der Waals surface area contributed by atoms with Crippen LogP contribution in [0.3, 0.4) is 0 Å². The van der Waals surface area contributed by atoms with E-state index in [9.17, 15) is 13.6 Å². The Kier molecular flexibility index (Phi) is 5.50. The second-order valence-corrected chi connectivity index (χ2v) is 3.97. The summed E-state index contributed by atoms with van der Waals surface area (Å²) in [4.78, 5) is 13.7. The predicted octanol–water partition coefficient (Wildman–Crippen LogP) is 2.09. The van der Waals surface area contributed by atoms with Crippen LogP contribution in [-0.4, -0.2) is 37.0 Å². The van der Waals surface area contributed by atoms with Gasteiger partial charge >= 0.3 is 0 Å². The smallest absolute Gasteiger partial charge is 0.263 e. The summed E-state index contributed by atoms with van der Waals surface area (Å²) in [5, 5.41) is 3.14. The van der Waals surface area contributed by atoms with E-state index in [4.69, 9.17) is 0 Å². The third kappa shape index (κ3) is 3.40. The summed E-state index contributed by atoms with van der Waals surface area (Å²) < 4.78 is 25.0. The predicted molar refractivity (Wildman–Crippen MR) is 67.4 cm³/mol. The first-order valence-electron chi connectivity index (χ1n) is 5.56. The summed E-state index contributed by atoms with van der Waals surface area (Å²) in [7, 11) is 0. The molecule has 1 amide bonds. The molecule has 2 rings (SSSR count). The van der Waals surface area contributed by atoms with E-state index in [1.807, 2.05) is 0 Å². The van der Waals surface area contributed by atoms with Crippen LogP contribution in [0.2, 0.25) is 0 Å². The van der Waals surface area contributed by atoms with Crippen LogP contribution in [0.4, 0.5) is 8.78 Å². The standard InChI is InChI=1S/C12H14F2N2O.ClH/c13-11(14)9-2-1-3-10(8-9)12(17)16-6-4-15-5-7-16;/h1-3,8,11,15H,4-7H2;1H. The lowest BCUT2D eigenvalue weighted by Crippen LogP contribution is -2.46. The molecule has 1 saturated heterocycles. The van der Waals surface area contributed by atoms with Crippen molar-refractivity contribution in [1.29, 1.82) is 0 Å². The number of hydrogen-bond acceptors (Lipinski definition) is 2. The van der Waals surface area contributed by atoms with E-state index in [-0.39, 0.29) is 23.9 Å². The summed E-state index contributed by atoms with van der Waals surface area (Å²) in [6.45, 7) is 2.75. The zero-order valence-electron chi connectivity index (χ0n) is 9.73. The van der Waals surface area contributed by atoms with Crippen molar-refractivity contribution in [1.82, 2.24) is 10.2 Å². The van der Waals surface area contributed by atoms with Gasteiger partial charge in [-0.3, -0.25) is 4.79 Å². The van der Waals surface area contributed by atoms with Crippen molar-refractivity contribution in [2.45, 2.75) is 6.43 Å². The number of hydrogen-bond donors (Lipinski definition) is 1. The molecule has 1 N–H and O–H groups in total. The Morgan fingerprint density at radius 1 is 1.28 bits per heavy atom. The molecule has 1 aromatic carbocycles. The number of nitrogens with one attached hydrogen (secondary N) is 1. The second-order valence-electron chi connectivity index (χ2n) is 3.97. The third-order valence-corrected chi connectivity index (χ3v) is 2.79. The van der Waals surface area contributed by atoms with Crippen molar-refractivity contribution < 1.29 is 13.6 Å². The van der Waals surface area contributed by atoms with Gasteiger partial charge in [-0.1, -0.05) is 12.1 Å². The molecule has 1 fully saturated rings. The first-order chi connectivity index (χ1) is 8.18. The summed E-state index contributed by atoms with van der Waals surface area (Å²) in [6.07, 6.45) is -2.54. The van der Waals surface area contributed by atoms with E-state index in [0.717, 1.165) is 13.1 Å². The number of benzene rings is 1. The number of rotatable bonds is 2. The normalized spacial score (nSPS) is 15.4. The Bertz CT molecular complexity index is 409. The number of nitrogens with zero attached hydrogens (tertiary/aromatic N) is 1. The van der Waals surface area contributed by atoms with Gasteiger partial charge < -0.3 is 10.2 Å². The summed E-state index contributed by atoms with van der Waals surface area (Å²) in [6, 6.07) is 5.68. The molecule has 0 spiro atoms. The van der Waals surface area contributed by atoms with Gasteiger partial charge in [0.05, 0.1) is 0 Å². The molecule has 0 aliphatic carbocycles. The largest absolute Gasteiger partial charge is 0.336 e. The summed E-state index contributed by atoms with van der Waals surface area (Å²) in [5.41, 5.74) is 0.232. The van der Waals surface area contributed by atoms with Crippen molar-refractivity contribution in [2.24, 2.45) is 0 Å². The van der Waals surface area contributed by atoms with Crippen LogP contribution >= 0.6 is 12.4 Å². The number of piperazine rings is 1. The molecule has 1 aliphatic rings. The van der Waals surface area contributed by atoms with Crippen LogP contribution in [0.1, 0.15) is 22.3 Å². The maximum absolute atomic E-state index is 12.5. The van der Waals surface area contributed by atoms with Gasteiger partial charge in [-0.25, -0.2) is 8.78 Å². The summed E-state index contributed by atoms with van der Waals surface area (Å²) >= 11 is 0. The minimum Gasteiger partial charge on any atom is -0.336 e. The highest BCUT2D eigenvalue weighted by Gasteiger charge is 2.19. The van der Waals surface area contributed by atoms with Crippen LogP contribution < -0.4 is 5.32 Å². The number of carbonyl (C=O) groups is 1. The molecular formula is C12H15ClF2N2O. The van der Waals surface area contributed by atoms with E-state index in [2.05, 4.69) is 5.32 Å². The van der Waals surface area contributed by atoms with Crippen LogP contribution in [0.25, 0.3) is 0 Å². The molecule has 0 radical (unpaired) electrons. The van der Waals surface area contributed by atoms with Crippen molar-refractivity contribution in [3.8, 4) is 0 Å². The first-order valence-corrected chi connectivity index (χ1v) is 5.56. The maximum Gasteiger partial charge on any atom is 0.263 e. The average molecular weight is 277 g/mol. The van der Waals surface area contributed by atoms with E-state index in [1.54, 1.807) is 11.0 Å². The van der Waals surface area contributed by atoms with Gasteiger partial charge in [-0.15, -0.1) is 12.4 Å². The van der Waals surface area contributed by atoms with Crippen molar-refractivity contribution >= 4 is 18.3 Å². The highest BCUT2D eigenvalue weighted by molar-refractivity contribution is 5.94. The lowest BCUT2D eigenvalue weighted by atomic mass is 10.1. The molecule has 6 heteroatoms. The van der Waals surface area contributed by atoms with Gasteiger partial charge in [-0.2, -0.15) is 0 Å².